The average Bonchev–Trinajstić information content (AvgIpc) is 2.36. The zero-order valence-electron chi connectivity index (χ0n) is 11.4. The van der Waals surface area contributed by atoms with Gasteiger partial charge in [0.25, 0.3) is 0 Å². The summed E-state index contributed by atoms with van der Waals surface area (Å²) < 4.78 is 0. The number of benzene rings is 1. The standard InChI is InChI=1S/C16H21NO/c1-5-16(6-2,7-3)17-15(18)12-14-10-8-9-13(4)11-14/h1,8-11H,6-7,12H2,2-4H3,(H,17,18). The fourth-order valence-corrected chi connectivity index (χ4v) is 1.99. The first-order valence-electron chi connectivity index (χ1n) is 6.39. The van der Waals surface area contributed by atoms with Crippen molar-refractivity contribution in [3.05, 3.63) is 35.4 Å². The molecule has 1 aromatic carbocycles. The van der Waals surface area contributed by atoms with Crippen LogP contribution in [0, 0.1) is 19.3 Å². The smallest absolute Gasteiger partial charge is 0.225 e. The van der Waals surface area contributed by atoms with Crippen molar-refractivity contribution in [1.82, 2.24) is 5.32 Å². The Bertz CT molecular complexity index is 452. The summed E-state index contributed by atoms with van der Waals surface area (Å²) in [5.41, 5.74) is 1.68. The number of hydrogen-bond donors (Lipinski definition) is 1. The maximum absolute atomic E-state index is 12.0. The number of rotatable bonds is 5. The first kappa shape index (κ1) is 14.3. The molecule has 0 saturated carbocycles. The van der Waals surface area contributed by atoms with Crippen LogP contribution in [-0.2, 0) is 11.2 Å². The van der Waals surface area contributed by atoms with Crippen molar-refractivity contribution in [3.63, 3.8) is 0 Å². The lowest BCUT2D eigenvalue weighted by molar-refractivity contribution is -0.121. The van der Waals surface area contributed by atoms with Crippen molar-refractivity contribution < 1.29 is 4.79 Å². The van der Waals surface area contributed by atoms with Gasteiger partial charge >= 0.3 is 0 Å². The van der Waals surface area contributed by atoms with Crippen molar-refractivity contribution >= 4 is 5.91 Å². The van der Waals surface area contributed by atoms with Crippen LogP contribution >= 0.6 is 0 Å². The van der Waals surface area contributed by atoms with E-state index in [9.17, 15) is 4.79 Å². The zero-order chi connectivity index (χ0) is 13.6. The molecule has 96 valence electrons. The lowest BCUT2D eigenvalue weighted by atomic mass is 9.93. The maximum atomic E-state index is 12.0. The summed E-state index contributed by atoms with van der Waals surface area (Å²) in [6, 6.07) is 7.97. The molecule has 0 fully saturated rings. The lowest BCUT2D eigenvalue weighted by Crippen LogP contribution is -2.47. The molecule has 0 aliphatic carbocycles. The van der Waals surface area contributed by atoms with E-state index in [1.165, 1.54) is 0 Å². The summed E-state index contributed by atoms with van der Waals surface area (Å²) in [4.78, 5) is 12.0. The SMILES string of the molecule is C#CC(CC)(CC)NC(=O)Cc1cccc(C)c1. The number of carbonyl (C=O) groups excluding carboxylic acids is 1. The van der Waals surface area contributed by atoms with E-state index in [1.54, 1.807) is 0 Å². The molecular formula is C16H21NO. The second-order valence-electron chi connectivity index (χ2n) is 4.65. The largest absolute Gasteiger partial charge is 0.340 e. The monoisotopic (exact) mass is 243 g/mol. The van der Waals surface area contributed by atoms with E-state index in [0.717, 1.165) is 24.0 Å². The van der Waals surface area contributed by atoms with Crippen LogP contribution in [0.25, 0.3) is 0 Å². The minimum atomic E-state index is -0.499. The first-order valence-corrected chi connectivity index (χ1v) is 6.39. The highest BCUT2D eigenvalue weighted by Crippen LogP contribution is 2.14. The Morgan fingerprint density at radius 1 is 1.39 bits per heavy atom. The van der Waals surface area contributed by atoms with Crippen molar-refractivity contribution in [2.24, 2.45) is 0 Å². The molecule has 0 bridgehead atoms. The third-order valence-corrected chi connectivity index (χ3v) is 3.31. The number of terminal acetylenes is 1. The molecule has 0 aromatic heterocycles. The van der Waals surface area contributed by atoms with Gasteiger partial charge in [0.1, 0.15) is 5.54 Å². The summed E-state index contributed by atoms with van der Waals surface area (Å²) in [5, 5.41) is 2.97. The average molecular weight is 243 g/mol. The Morgan fingerprint density at radius 2 is 2.06 bits per heavy atom. The van der Waals surface area contributed by atoms with Gasteiger partial charge in [-0.2, -0.15) is 0 Å². The van der Waals surface area contributed by atoms with Gasteiger partial charge in [-0.15, -0.1) is 6.42 Å². The van der Waals surface area contributed by atoms with Crippen LogP contribution < -0.4 is 5.32 Å². The van der Waals surface area contributed by atoms with Gasteiger partial charge in [-0.3, -0.25) is 4.79 Å². The molecule has 1 rings (SSSR count). The van der Waals surface area contributed by atoms with Crippen LogP contribution in [0.3, 0.4) is 0 Å². The quantitative estimate of drug-likeness (QED) is 0.792. The van der Waals surface area contributed by atoms with E-state index in [1.807, 2.05) is 45.0 Å². The minimum Gasteiger partial charge on any atom is -0.340 e. The fourth-order valence-electron chi connectivity index (χ4n) is 1.99. The molecule has 1 aromatic rings. The number of amides is 1. The molecule has 0 saturated heterocycles. The van der Waals surface area contributed by atoms with Gasteiger partial charge in [-0.1, -0.05) is 49.6 Å². The van der Waals surface area contributed by atoms with Crippen LogP contribution in [0.2, 0.25) is 0 Å². The Labute approximate surface area is 110 Å². The molecule has 0 aliphatic heterocycles. The van der Waals surface area contributed by atoms with Gasteiger partial charge in [0, 0.05) is 0 Å². The van der Waals surface area contributed by atoms with Crippen LogP contribution in [-0.4, -0.2) is 11.4 Å². The highest BCUT2D eigenvalue weighted by atomic mass is 16.1. The molecule has 0 unspecified atom stereocenters. The Kier molecular flexibility index (Phi) is 4.97. The summed E-state index contributed by atoms with van der Waals surface area (Å²) in [5.74, 6) is 2.70. The molecule has 0 atom stereocenters. The van der Waals surface area contributed by atoms with E-state index in [-0.39, 0.29) is 5.91 Å². The summed E-state index contributed by atoms with van der Waals surface area (Å²) in [7, 11) is 0. The predicted molar refractivity (Wildman–Crippen MR) is 75.2 cm³/mol. The summed E-state index contributed by atoms with van der Waals surface area (Å²) in [6.45, 7) is 6.01. The second-order valence-corrected chi connectivity index (χ2v) is 4.65. The topological polar surface area (TPSA) is 29.1 Å². The highest BCUT2D eigenvalue weighted by molar-refractivity contribution is 5.79. The van der Waals surface area contributed by atoms with Crippen LogP contribution in [0.15, 0.2) is 24.3 Å². The molecule has 0 heterocycles. The Hall–Kier alpha value is -1.75. The van der Waals surface area contributed by atoms with Crippen LogP contribution in [0.5, 0.6) is 0 Å². The van der Waals surface area contributed by atoms with Crippen molar-refractivity contribution in [3.8, 4) is 12.3 Å². The van der Waals surface area contributed by atoms with Crippen LogP contribution in [0.4, 0.5) is 0 Å². The van der Waals surface area contributed by atoms with Gasteiger partial charge < -0.3 is 5.32 Å². The van der Waals surface area contributed by atoms with Crippen molar-refractivity contribution in [1.29, 1.82) is 0 Å². The van der Waals surface area contributed by atoms with Crippen LogP contribution in [0.1, 0.15) is 37.8 Å². The Balaban J connectivity index is 2.70. The summed E-state index contributed by atoms with van der Waals surface area (Å²) in [6.07, 6.45) is 7.41. The maximum Gasteiger partial charge on any atom is 0.225 e. The third-order valence-electron chi connectivity index (χ3n) is 3.31. The molecule has 0 aliphatic rings. The molecule has 0 spiro atoms. The van der Waals surface area contributed by atoms with Gasteiger partial charge in [-0.25, -0.2) is 0 Å². The predicted octanol–water partition coefficient (Wildman–Crippen LogP) is 2.85. The van der Waals surface area contributed by atoms with E-state index in [4.69, 9.17) is 6.42 Å². The fraction of sp³-hybridized carbons (Fsp3) is 0.438. The second kappa shape index (κ2) is 6.26. The van der Waals surface area contributed by atoms with Gasteiger partial charge in [0.2, 0.25) is 5.91 Å². The third kappa shape index (κ3) is 3.63. The molecule has 1 N–H and O–H groups in total. The summed E-state index contributed by atoms with van der Waals surface area (Å²) >= 11 is 0. The molecule has 18 heavy (non-hydrogen) atoms. The molecule has 2 heteroatoms. The van der Waals surface area contributed by atoms with Crippen molar-refractivity contribution in [2.45, 2.75) is 45.6 Å². The molecular weight excluding hydrogens is 222 g/mol. The number of hydrogen-bond acceptors (Lipinski definition) is 1. The number of nitrogens with one attached hydrogen (secondary N) is 1. The lowest BCUT2D eigenvalue weighted by Gasteiger charge is -2.27. The molecule has 2 nitrogen and oxygen atoms in total. The van der Waals surface area contributed by atoms with Crippen molar-refractivity contribution in [2.75, 3.05) is 0 Å². The van der Waals surface area contributed by atoms with E-state index >= 15 is 0 Å². The molecule has 1 amide bonds. The van der Waals surface area contributed by atoms with E-state index in [2.05, 4.69) is 11.2 Å². The minimum absolute atomic E-state index is 0.0118. The zero-order valence-corrected chi connectivity index (χ0v) is 11.4. The molecule has 0 radical (unpaired) electrons. The van der Waals surface area contributed by atoms with E-state index < -0.39 is 5.54 Å². The first-order chi connectivity index (χ1) is 8.55. The van der Waals surface area contributed by atoms with E-state index in [0.29, 0.717) is 6.42 Å². The highest BCUT2D eigenvalue weighted by Gasteiger charge is 2.24. The number of carbonyl (C=O) groups is 1. The number of aryl methyl sites for hydroxylation is 1. The van der Waals surface area contributed by atoms with Gasteiger partial charge in [0.05, 0.1) is 6.42 Å². The van der Waals surface area contributed by atoms with Gasteiger partial charge in [-0.05, 0) is 25.3 Å². The Morgan fingerprint density at radius 3 is 2.56 bits per heavy atom. The van der Waals surface area contributed by atoms with Gasteiger partial charge in [0.15, 0.2) is 0 Å². The normalized spacial score (nSPS) is 10.8.